The molecule has 68 valence electrons. The summed E-state index contributed by atoms with van der Waals surface area (Å²) in [4.78, 5) is 10.1. The minimum Gasteiger partial charge on any atom is -0.145 e. The number of nitroso groups, excluding NO2 is 1. The van der Waals surface area contributed by atoms with Crippen LogP contribution in [0.5, 0.6) is 0 Å². The Balaban J connectivity index is 2.20. The van der Waals surface area contributed by atoms with Crippen molar-refractivity contribution in [2.24, 2.45) is 5.18 Å². The van der Waals surface area contributed by atoms with E-state index in [1.807, 2.05) is 12.1 Å². The Kier molecular flexibility index (Phi) is 2.05. The minimum atomic E-state index is -0.601. The molecule has 1 unspecified atom stereocenters. The van der Waals surface area contributed by atoms with Gasteiger partial charge in [-0.25, -0.2) is 0 Å². The van der Waals surface area contributed by atoms with Crippen molar-refractivity contribution in [2.45, 2.75) is 16.7 Å². The predicted octanol–water partition coefficient (Wildman–Crippen LogP) is 3.75. The van der Waals surface area contributed by atoms with Gasteiger partial charge in [0.25, 0.3) is 0 Å². The summed E-state index contributed by atoms with van der Waals surface area (Å²) < 4.78 is -0.601. The molecule has 0 aromatic heterocycles. The molecule has 0 saturated heterocycles. The van der Waals surface area contributed by atoms with Gasteiger partial charge in [0, 0.05) is 5.92 Å². The molecule has 0 spiro atoms. The second-order valence-corrected chi connectivity index (χ2v) is 4.74. The zero-order chi connectivity index (χ0) is 9.47. The van der Waals surface area contributed by atoms with Gasteiger partial charge in [0.2, 0.25) is 0 Å². The molecular weight excluding hydrogens is 209 g/mol. The molecule has 1 aliphatic carbocycles. The van der Waals surface area contributed by atoms with Crippen molar-refractivity contribution in [3.63, 3.8) is 0 Å². The molecule has 1 fully saturated rings. The van der Waals surface area contributed by atoms with Crippen molar-refractivity contribution in [1.82, 2.24) is 0 Å². The molecule has 4 heteroatoms. The first-order valence-corrected chi connectivity index (χ1v) is 4.70. The van der Waals surface area contributed by atoms with E-state index in [9.17, 15) is 4.91 Å². The smallest absolute Gasteiger partial charge is 0.125 e. The van der Waals surface area contributed by atoms with Gasteiger partial charge in [-0.15, -0.1) is 28.1 Å². The van der Waals surface area contributed by atoms with E-state index in [-0.39, 0.29) is 5.92 Å². The third-order valence-electron chi connectivity index (χ3n) is 2.23. The van der Waals surface area contributed by atoms with Crippen LogP contribution in [0.15, 0.2) is 29.4 Å². The lowest BCUT2D eigenvalue weighted by Crippen LogP contribution is -1.88. The van der Waals surface area contributed by atoms with Crippen molar-refractivity contribution in [2.75, 3.05) is 0 Å². The van der Waals surface area contributed by atoms with Crippen LogP contribution < -0.4 is 0 Å². The zero-order valence-corrected chi connectivity index (χ0v) is 8.22. The van der Waals surface area contributed by atoms with Crippen molar-refractivity contribution in [3.8, 4) is 0 Å². The summed E-state index contributed by atoms with van der Waals surface area (Å²) in [6.45, 7) is 0. The van der Waals surface area contributed by atoms with Gasteiger partial charge in [-0.05, 0) is 29.3 Å². The van der Waals surface area contributed by atoms with E-state index in [0.29, 0.717) is 5.69 Å². The highest BCUT2D eigenvalue weighted by atomic mass is 35.5. The summed E-state index contributed by atoms with van der Waals surface area (Å²) in [6, 6.07) is 7.02. The number of rotatable bonds is 2. The van der Waals surface area contributed by atoms with Crippen LogP contribution in [0.25, 0.3) is 0 Å². The van der Waals surface area contributed by atoms with Crippen molar-refractivity contribution in [3.05, 3.63) is 34.7 Å². The van der Waals surface area contributed by atoms with Crippen molar-refractivity contribution in [1.29, 1.82) is 0 Å². The lowest BCUT2D eigenvalue weighted by Gasteiger charge is -1.99. The summed E-state index contributed by atoms with van der Waals surface area (Å²) in [5.74, 6) is 0.205. The number of nitrogens with zero attached hydrogens (tertiary/aromatic N) is 1. The third-order valence-corrected chi connectivity index (χ3v) is 3.06. The maximum Gasteiger partial charge on any atom is 0.125 e. The van der Waals surface area contributed by atoms with E-state index < -0.39 is 4.33 Å². The Hall–Kier alpha value is -0.600. The molecule has 1 aromatic carbocycles. The van der Waals surface area contributed by atoms with Crippen molar-refractivity contribution < 1.29 is 0 Å². The first-order chi connectivity index (χ1) is 6.13. The number of hydrogen-bond acceptors (Lipinski definition) is 2. The summed E-state index contributed by atoms with van der Waals surface area (Å²) >= 11 is 11.8. The first kappa shape index (κ1) is 8.97. The lowest BCUT2D eigenvalue weighted by molar-refractivity contribution is 1.11. The molecule has 0 aliphatic heterocycles. The molecule has 0 bridgehead atoms. The molecule has 1 saturated carbocycles. The molecular formula is C9H7Cl2NO. The van der Waals surface area contributed by atoms with Crippen LogP contribution in [0.1, 0.15) is 17.9 Å². The van der Waals surface area contributed by atoms with Gasteiger partial charge in [-0.3, -0.25) is 0 Å². The second-order valence-electron chi connectivity index (χ2n) is 3.20. The van der Waals surface area contributed by atoms with E-state index in [1.54, 1.807) is 12.1 Å². The largest absolute Gasteiger partial charge is 0.145 e. The zero-order valence-electron chi connectivity index (χ0n) is 6.71. The fourth-order valence-electron chi connectivity index (χ4n) is 1.34. The monoisotopic (exact) mass is 215 g/mol. The maximum absolute atomic E-state index is 10.1. The normalized spacial score (nSPS) is 24.0. The predicted molar refractivity (Wildman–Crippen MR) is 53.7 cm³/mol. The van der Waals surface area contributed by atoms with Crippen LogP contribution >= 0.6 is 23.2 Å². The average molecular weight is 216 g/mol. The fraction of sp³-hybridized carbons (Fsp3) is 0.333. The van der Waals surface area contributed by atoms with E-state index >= 15 is 0 Å². The molecule has 1 aliphatic rings. The number of benzene rings is 1. The number of alkyl halides is 2. The molecule has 0 radical (unpaired) electrons. The molecule has 2 rings (SSSR count). The highest BCUT2D eigenvalue weighted by Gasteiger charge is 2.52. The van der Waals surface area contributed by atoms with Crippen LogP contribution in [-0.4, -0.2) is 4.33 Å². The van der Waals surface area contributed by atoms with Gasteiger partial charge < -0.3 is 0 Å². The highest BCUT2D eigenvalue weighted by molar-refractivity contribution is 6.51. The van der Waals surface area contributed by atoms with Crippen LogP contribution in [-0.2, 0) is 0 Å². The van der Waals surface area contributed by atoms with Crippen LogP contribution in [0.4, 0.5) is 5.69 Å². The molecule has 1 aromatic rings. The van der Waals surface area contributed by atoms with Crippen LogP contribution in [0.3, 0.4) is 0 Å². The molecule has 13 heavy (non-hydrogen) atoms. The number of hydrogen-bond donors (Lipinski definition) is 0. The van der Waals surface area contributed by atoms with Gasteiger partial charge in [0.1, 0.15) is 10.0 Å². The van der Waals surface area contributed by atoms with E-state index in [1.165, 1.54) is 0 Å². The highest BCUT2D eigenvalue weighted by Crippen LogP contribution is 2.59. The number of halogens is 2. The van der Waals surface area contributed by atoms with E-state index in [4.69, 9.17) is 23.2 Å². The Morgan fingerprint density at radius 3 is 2.23 bits per heavy atom. The molecule has 1 atom stereocenters. The molecule has 0 amide bonds. The quantitative estimate of drug-likeness (QED) is 0.546. The van der Waals surface area contributed by atoms with Gasteiger partial charge in [0.05, 0.1) is 0 Å². The Bertz CT molecular complexity index is 334. The molecule has 2 nitrogen and oxygen atoms in total. The lowest BCUT2D eigenvalue weighted by atomic mass is 10.1. The van der Waals surface area contributed by atoms with Gasteiger partial charge in [0.15, 0.2) is 0 Å². The third kappa shape index (κ3) is 1.69. The topological polar surface area (TPSA) is 29.4 Å². The molecule has 0 heterocycles. The Labute approximate surface area is 85.8 Å². The molecule has 0 N–H and O–H groups in total. The standard InChI is InChI=1S/C9H7Cl2NO/c10-9(11)5-8(9)6-1-3-7(12-13)4-2-6/h1-4,8H,5H2. The SMILES string of the molecule is O=Nc1ccc(C2CC2(Cl)Cl)cc1. The Morgan fingerprint density at radius 2 is 1.85 bits per heavy atom. The van der Waals surface area contributed by atoms with Gasteiger partial charge in [-0.1, -0.05) is 12.1 Å². The van der Waals surface area contributed by atoms with Gasteiger partial charge in [-0.2, -0.15) is 0 Å². The van der Waals surface area contributed by atoms with Gasteiger partial charge >= 0.3 is 0 Å². The van der Waals surface area contributed by atoms with E-state index in [0.717, 1.165) is 12.0 Å². The van der Waals surface area contributed by atoms with Crippen LogP contribution in [0, 0.1) is 4.91 Å². The minimum absolute atomic E-state index is 0.205. The summed E-state index contributed by atoms with van der Waals surface area (Å²) in [5.41, 5.74) is 1.50. The average Bonchev–Trinajstić information content (AvgIpc) is 2.76. The summed E-state index contributed by atoms with van der Waals surface area (Å²) in [7, 11) is 0. The van der Waals surface area contributed by atoms with Crippen LogP contribution in [0.2, 0.25) is 0 Å². The summed E-state index contributed by atoms with van der Waals surface area (Å²) in [5, 5.41) is 2.81. The first-order valence-electron chi connectivity index (χ1n) is 3.94. The van der Waals surface area contributed by atoms with E-state index in [2.05, 4.69) is 5.18 Å². The fourth-order valence-corrected chi connectivity index (χ4v) is 1.90. The Morgan fingerprint density at radius 1 is 1.31 bits per heavy atom. The maximum atomic E-state index is 10.1. The summed E-state index contributed by atoms with van der Waals surface area (Å²) in [6.07, 6.45) is 0.782. The van der Waals surface area contributed by atoms with Crippen molar-refractivity contribution >= 4 is 28.9 Å². The second kappa shape index (κ2) is 2.96.